The molecule has 1 aromatic rings. The minimum absolute atomic E-state index is 0.267. The van der Waals surface area contributed by atoms with Crippen LogP contribution in [0.5, 0.6) is 5.75 Å². The van der Waals surface area contributed by atoms with Crippen LogP contribution in [0.3, 0.4) is 0 Å². The van der Waals surface area contributed by atoms with Gasteiger partial charge in [-0.25, -0.2) is 0 Å². The van der Waals surface area contributed by atoms with Gasteiger partial charge in [0.15, 0.2) is 0 Å². The molecule has 0 saturated heterocycles. The van der Waals surface area contributed by atoms with Gasteiger partial charge in [-0.15, -0.1) is 0 Å². The number of rotatable bonds is 6. The van der Waals surface area contributed by atoms with Gasteiger partial charge in [-0.2, -0.15) is 0 Å². The van der Waals surface area contributed by atoms with E-state index >= 15 is 0 Å². The van der Waals surface area contributed by atoms with Gasteiger partial charge in [-0.05, 0) is 104 Å². The van der Waals surface area contributed by atoms with Crippen LogP contribution in [0.4, 0.5) is 0 Å². The molecule has 0 amide bonds. The molecule has 3 saturated carbocycles. The second kappa shape index (κ2) is 10.2. The number of fused-ring (bicyclic) bond motifs is 1. The van der Waals surface area contributed by atoms with Crippen molar-refractivity contribution >= 4 is 0 Å². The van der Waals surface area contributed by atoms with Crippen molar-refractivity contribution in [3.8, 4) is 5.75 Å². The fourth-order valence-corrected chi connectivity index (χ4v) is 6.99. The zero-order valence-corrected chi connectivity index (χ0v) is 22.0. The van der Waals surface area contributed by atoms with E-state index in [9.17, 15) is 15.3 Å². The standard InChI is InChI=1S/C31H44O4/c1-20(19-35-26-10-6-9-24(17-26)30(3,4)34)27-13-14-28-22(8-7-15-31(27,28)5)11-12-23-16-25(32)18-29(33)21(23)2/h6,9-12,17,20,25,27-29,32-34H,2,7-8,13-16,18-19H2,1,3-5H3/b22-11+,23-12+. The average molecular weight is 481 g/mol. The Hall–Kier alpha value is -1.88. The summed E-state index contributed by atoms with van der Waals surface area (Å²) in [7, 11) is 0. The topological polar surface area (TPSA) is 69.9 Å². The van der Waals surface area contributed by atoms with E-state index in [2.05, 4.69) is 32.6 Å². The van der Waals surface area contributed by atoms with Crippen molar-refractivity contribution in [1.29, 1.82) is 0 Å². The lowest BCUT2D eigenvalue weighted by Gasteiger charge is -2.44. The average Bonchev–Trinajstić information content (AvgIpc) is 3.16. The predicted molar refractivity (Wildman–Crippen MR) is 141 cm³/mol. The highest BCUT2D eigenvalue weighted by Gasteiger charge is 2.50. The molecule has 1 aromatic carbocycles. The van der Waals surface area contributed by atoms with E-state index in [1.165, 1.54) is 31.3 Å². The highest BCUT2D eigenvalue weighted by molar-refractivity contribution is 5.38. The van der Waals surface area contributed by atoms with Gasteiger partial charge in [0.25, 0.3) is 0 Å². The summed E-state index contributed by atoms with van der Waals surface area (Å²) in [6.07, 6.45) is 10.2. The summed E-state index contributed by atoms with van der Waals surface area (Å²) in [5.74, 6) is 2.45. The summed E-state index contributed by atoms with van der Waals surface area (Å²) in [5, 5.41) is 30.6. The Kier molecular flexibility index (Phi) is 7.66. The molecule has 4 rings (SSSR count). The lowest BCUT2D eigenvalue weighted by Crippen LogP contribution is -2.37. The number of aliphatic hydroxyl groups is 3. The van der Waals surface area contributed by atoms with E-state index in [-0.39, 0.29) is 5.41 Å². The van der Waals surface area contributed by atoms with Gasteiger partial charge in [0.05, 0.1) is 24.4 Å². The molecule has 0 heterocycles. The van der Waals surface area contributed by atoms with Crippen LogP contribution in [-0.4, -0.2) is 34.1 Å². The Bertz CT molecular complexity index is 984. The molecule has 4 heteroatoms. The smallest absolute Gasteiger partial charge is 0.119 e. The van der Waals surface area contributed by atoms with Crippen molar-refractivity contribution in [2.24, 2.45) is 23.2 Å². The fraction of sp³-hybridized carbons (Fsp3) is 0.613. The number of benzene rings is 1. The van der Waals surface area contributed by atoms with Gasteiger partial charge in [0.1, 0.15) is 5.75 Å². The van der Waals surface area contributed by atoms with Crippen LogP contribution < -0.4 is 4.74 Å². The Labute approximate surface area is 211 Å². The molecule has 0 aliphatic heterocycles. The quantitative estimate of drug-likeness (QED) is 0.462. The Morgan fingerprint density at radius 2 is 2.00 bits per heavy atom. The van der Waals surface area contributed by atoms with Crippen LogP contribution in [0, 0.1) is 23.2 Å². The van der Waals surface area contributed by atoms with E-state index in [0.717, 1.165) is 28.9 Å². The Morgan fingerprint density at radius 1 is 1.23 bits per heavy atom. The number of aliphatic hydroxyl groups excluding tert-OH is 2. The normalized spacial score (nSPS) is 34.8. The minimum Gasteiger partial charge on any atom is -0.493 e. The Morgan fingerprint density at radius 3 is 2.74 bits per heavy atom. The summed E-state index contributed by atoms with van der Waals surface area (Å²) in [6.45, 7) is 13.2. The second-order valence-electron chi connectivity index (χ2n) is 12.0. The third kappa shape index (κ3) is 5.60. The van der Waals surface area contributed by atoms with Crippen molar-refractivity contribution < 1.29 is 20.1 Å². The van der Waals surface area contributed by atoms with Crippen molar-refractivity contribution in [3.63, 3.8) is 0 Å². The molecule has 0 spiro atoms. The van der Waals surface area contributed by atoms with Crippen molar-refractivity contribution in [2.45, 2.75) is 90.4 Å². The maximum atomic E-state index is 10.3. The monoisotopic (exact) mass is 480 g/mol. The first-order chi connectivity index (χ1) is 16.5. The maximum absolute atomic E-state index is 10.3. The highest BCUT2D eigenvalue weighted by atomic mass is 16.5. The number of allylic oxidation sites excluding steroid dienone is 3. The summed E-state index contributed by atoms with van der Waals surface area (Å²) in [5.41, 5.74) is 3.52. The zero-order chi connectivity index (χ0) is 25.4. The zero-order valence-electron chi connectivity index (χ0n) is 22.0. The molecule has 3 fully saturated rings. The number of hydrogen-bond acceptors (Lipinski definition) is 4. The Balaban J connectivity index is 1.45. The van der Waals surface area contributed by atoms with Gasteiger partial charge < -0.3 is 20.1 Å². The minimum atomic E-state index is -0.878. The molecular weight excluding hydrogens is 436 g/mol. The van der Waals surface area contributed by atoms with Crippen LogP contribution in [0.2, 0.25) is 0 Å². The van der Waals surface area contributed by atoms with Crippen LogP contribution >= 0.6 is 0 Å². The van der Waals surface area contributed by atoms with E-state index in [1.54, 1.807) is 13.8 Å². The molecule has 3 N–H and O–H groups in total. The molecule has 6 unspecified atom stereocenters. The van der Waals surface area contributed by atoms with Crippen molar-refractivity contribution in [3.05, 3.63) is 65.3 Å². The SMILES string of the molecule is C=C1/C(=C/C=C2\CCCC3(C)C2CCC3C(C)COc2cccc(C(C)(C)O)c2)CC(O)CC1O. The molecule has 192 valence electrons. The molecule has 4 nitrogen and oxygen atoms in total. The first kappa shape index (κ1) is 26.2. The van der Waals surface area contributed by atoms with Crippen LogP contribution in [0.15, 0.2) is 59.7 Å². The van der Waals surface area contributed by atoms with E-state index in [0.29, 0.717) is 37.2 Å². The molecular formula is C31H44O4. The predicted octanol–water partition coefficient (Wildman–Crippen LogP) is 6.07. The lowest BCUT2D eigenvalue weighted by atomic mass is 9.61. The van der Waals surface area contributed by atoms with Gasteiger partial charge in [-0.3, -0.25) is 0 Å². The fourth-order valence-electron chi connectivity index (χ4n) is 6.99. The number of ether oxygens (including phenoxy) is 1. The first-order valence-corrected chi connectivity index (χ1v) is 13.4. The molecule has 0 aromatic heterocycles. The van der Waals surface area contributed by atoms with E-state index in [4.69, 9.17) is 4.74 Å². The molecule has 0 bridgehead atoms. The first-order valence-electron chi connectivity index (χ1n) is 13.4. The third-order valence-corrected chi connectivity index (χ3v) is 9.04. The van der Waals surface area contributed by atoms with Gasteiger partial charge in [0, 0.05) is 6.42 Å². The molecule has 0 radical (unpaired) electrons. The molecule has 3 aliphatic carbocycles. The summed E-state index contributed by atoms with van der Waals surface area (Å²) in [4.78, 5) is 0. The van der Waals surface area contributed by atoms with Gasteiger partial charge in [-0.1, -0.05) is 50.3 Å². The maximum Gasteiger partial charge on any atom is 0.119 e. The molecule has 6 atom stereocenters. The second-order valence-corrected chi connectivity index (χ2v) is 12.0. The summed E-state index contributed by atoms with van der Waals surface area (Å²) >= 11 is 0. The summed E-state index contributed by atoms with van der Waals surface area (Å²) in [6, 6.07) is 7.82. The van der Waals surface area contributed by atoms with Crippen molar-refractivity contribution in [2.75, 3.05) is 6.61 Å². The molecule has 3 aliphatic rings. The lowest BCUT2D eigenvalue weighted by molar-refractivity contribution is 0.0727. The van der Waals surface area contributed by atoms with Crippen molar-refractivity contribution in [1.82, 2.24) is 0 Å². The van der Waals surface area contributed by atoms with E-state index in [1.807, 2.05) is 24.3 Å². The summed E-state index contributed by atoms with van der Waals surface area (Å²) < 4.78 is 6.23. The van der Waals surface area contributed by atoms with Crippen LogP contribution in [0.1, 0.15) is 78.2 Å². The van der Waals surface area contributed by atoms with Gasteiger partial charge in [0.2, 0.25) is 0 Å². The van der Waals surface area contributed by atoms with Crippen LogP contribution in [0.25, 0.3) is 0 Å². The van der Waals surface area contributed by atoms with Crippen LogP contribution in [-0.2, 0) is 5.60 Å². The van der Waals surface area contributed by atoms with E-state index < -0.39 is 17.8 Å². The molecule has 35 heavy (non-hydrogen) atoms. The highest BCUT2D eigenvalue weighted by Crippen LogP contribution is 2.59. The largest absolute Gasteiger partial charge is 0.493 e. The van der Waals surface area contributed by atoms with Gasteiger partial charge >= 0.3 is 0 Å². The number of hydrogen-bond donors (Lipinski definition) is 3. The third-order valence-electron chi connectivity index (χ3n) is 9.04.